The van der Waals surface area contributed by atoms with Crippen LogP contribution < -0.4 is 5.43 Å². The molecule has 136 valence electrons. The molecule has 0 spiro atoms. The minimum absolute atomic E-state index is 0.122. The van der Waals surface area contributed by atoms with Crippen molar-refractivity contribution >= 4 is 22.9 Å². The first kappa shape index (κ1) is 17.1. The van der Waals surface area contributed by atoms with E-state index in [1.807, 2.05) is 30.3 Å². The molecule has 2 saturated carbocycles. The van der Waals surface area contributed by atoms with Crippen LogP contribution in [-0.4, -0.2) is 18.3 Å². The van der Waals surface area contributed by atoms with Gasteiger partial charge in [0.05, 0.1) is 5.92 Å². The fourth-order valence-electron chi connectivity index (χ4n) is 4.63. The topological polar surface area (TPSA) is 41.5 Å². The highest BCUT2D eigenvalue weighted by molar-refractivity contribution is 6.07. The molecule has 1 amide bonds. The average Bonchev–Trinajstić information content (AvgIpc) is 3.21. The van der Waals surface area contributed by atoms with Crippen LogP contribution in [0.3, 0.4) is 0 Å². The molecule has 0 heterocycles. The Labute approximate surface area is 149 Å². The first-order chi connectivity index (χ1) is 12.4. The maximum Gasteiger partial charge on any atom is 0.392 e. The van der Waals surface area contributed by atoms with Gasteiger partial charge in [-0.3, -0.25) is 4.79 Å². The van der Waals surface area contributed by atoms with Gasteiger partial charge in [0, 0.05) is 11.8 Å². The molecular weight excluding hydrogens is 341 g/mol. The van der Waals surface area contributed by atoms with Crippen LogP contribution in [0, 0.1) is 23.7 Å². The molecule has 2 fully saturated rings. The van der Waals surface area contributed by atoms with Crippen molar-refractivity contribution in [3.63, 3.8) is 0 Å². The Morgan fingerprint density at radius 3 is 2.62 bits per heavy atom. The highest BCUT2D eigenvalue weighted by Gasteiger charge is 2.56. The lowest BCUT2D eigenvalue weighted by atomic mass is 9.81. The van der Waals surface area contributed by atoms with E-state index in [-0.39, 0.29) is 24.2 Å². The predicted molar refractivity (Wildman–Crippen MR) is 93.8 cm³/mol. The zero-order chi connectivity index (χ0) is 18.3. The molecule has 6 heteroatoms. The first-order valence-corrected chi connectivity index (χ1v) is 8.81. The summed E-state index contributed by atoms with van der Waals surface area (Å²) in [4.78, 5) is 12.4. The maximum atomic E-state index is 13.1. The van der Waals surface area contributed by atoms with Crippen molar-refractivity contribution in [2.45, 2.75) is 25.4 Å². The number of carbonyl (C=O) groups is 1. The van der Waals surface area contributed by atoms with Crippen LogP contribution in [0.1, 0.15) is 29.6 Å². The standard InChI is InChI=1S/C20H19F3N2O/c21-20(22,23)18-10-12-8-14(17(18)9-12)11-24-25-19(26)16-7-3-5-13-4-1-2-6-15(13)16/h1-7,11-12,14,17-18H,8-10H2,(H,25,26)/b24-11-/t12-,14-,17+,18-/m0/s1. The first-order valence-electron chi connectivity index (χ1n) is 8.81. The van der Waals surface area contributed by atoms with Gasteiger partial charge < -0.3 is 0 Å². The summed E-state index contributed by atoms with van der Waals surface area (Å²) in [5.74, 6) is -2.08. The molecule has 3 nitrogen and oxygen atoms in total. The van der Waals surface area contributed by atoms with E-state index in [1.165, 1.54) is 6.21 Å². The smallest absolute Gasteiger partial charge is 0.267 e. The molecule has 26 heavy (non-hydrogen) atoms. The summed E-state index contributed by atoms with van der Waals surface area (Å²) >= 11 is 0. The van der Waals surface area contributed by atoms with Gasteiger partial charge in [-0.25, -0.2) is 5.43 Å². The zero-order valence-electron chi connectivity index (χ0n) is 14.0. The molecule has 2 aromatic rings. The summed E-state index contributed by atoms with van der Waals surface area (Å²) in [5, 5.41) is 5.75. The lowest BCUT2D eigenvalue weighted by Crippen LogP contribution is -2.33. The summed E-state index contributed by atoms with van der Waals surface area (Å²) < 4.78 is 39.3. The lowest BCUT2D eigenvalue weighted by Gasteiger charge is -2.28. The summed E-state index contributed by atoms with van der Waals surface area (Å²) in [6.45, 7) is 0. The molecule has 0 radical (unpaired) electrons. The van der Waals surface area contributed by atoms with E-state index in [2.05, 4.69) is 10.5 Å². The Kier molecular flexibility index (Phi) is 4.21. The van der Waals surface area contributed by atoms with Crippen LogP contribution >= 0.6 is 0 Å². The number of fused-ring (bicyclic) bond motifs is 3. The summed E-state index contributed by atoms with van der Waals surface area (Å²) in [7, 11) is 0. The van der Waals surface area contributed by atoms with E-state index in [9.17, 15) is 18.0 Å². The van der Waals surface area contributed by atoms with Gasteiger partial charge in [-0.05, 0) is 53.9 Å². The Balaban J connectivity index is 1.45. The number of rotatable bonds is 3. The van der Waals surface area contributed by atoms with Gasteiger partial charge in [0.15, 0.2) is 0 Å². The highest BCUT2D eigenvalue weighted by Crippen LogP contribution is 2.56. The molecule has 4 rings (SSSR count). The van der Waals surface area contributed by atoms with Gasteiger partial charge in [0.1, 0.15) is 0 Å². The molecular formula is C20H19F3N2O. The van der Waals surface area contributed by atoms with Crippen molar-refractivity contribution in [3.8, 4) is 0 Å². The van der Waals surface area contributed by atoms with Crippen LogP contribution in [0.4, 0.5) is 13.2 Å². The van der Waals surface area contributed by atoms with E-state index in [1.54, 1.807) is 12.1 Å². The molecule has 0 aromatic heterocycles. The largest absolute Gasteiger partial charge is 0.392 e. The maximum absolute atomic E-state index is 13.1. The van der Waals surface area contributed by atoms with E-state index >= 15 is 0 Å². The number of hydrogen-bond acceptors (Lipinski definition) is 2. The van der Waals surface area contributed by atoms with Crippen LogP contribution in [0.5, 0.6) is 0 Å². The minimum atomic E-state index is -4.14. The van der Waals surface area contributed by atoms with Crippen molar-refractivity contribution in [2.24, 2.45) is 28.8 Å². The van der Waals surface area contributed by atoms with Gasteiger partial charge in [-0.2, -0.15) is 18.3 Å². The number of benzene rings is 2. The minimum Gasteiger partial charge on any atom is -0.267 e. The summed E-state index contributed by atoms with van der Waals surface area (Å²) in [6, 6.07) is 13.0. The molecule has 1 N–H and O–H groups in total. The van der Waals surface area contributed by atoms with Gasteiger partial charge >= 0.3 is 6.18 Å². The number of alkyl halides is 3. The number of amides is 1. The molecule has 0 saturated heterocycles. The fourth-order valence-corrected chi connectivity index (χ4v) is 4.63. The van der Waals surface area contributed by atoms with Gasteiger partial charge in [0.25, 0.3) is 5.91 Å². The number of carbonyl (C=O) groups excluding carboxylic acids is 1. The molecule has 2 aliphatic rings. The number of hydrazone groups is 1. The summed E-state index contributed by atoms with van der Waals surface area (Å²) in [5.41, 5.74) is 2.98. The Morgan fingerprint density at radius 1 is 1.08 bits per heavy atom. The van der Waals surface area contributed by atoms with Crippen LogP contribution in [0.2, 0.25) is 0 Å². The molecule has 0 unspecified atom stereocenters. The third kappa shape index (κ3) is 3.08. The van der Waals surface area contributed by atoms with Gasteiger partial charge in [-0.15, -0.1) is 0 Å². The molecule has 0 aliphatic heterocycles. The van der Waals surface area contributed by atoms with Crippen LogP contribution in [0.25, 0.3) is 10.8 Å². The monoisotopic (exact) mass is 360 g/mol. The summed E-state index contributed by atoms with van der Waals surface area (Å²) in [6.07, 6.45) is -1.06. The quantitative estimate of drug-likeness (QED) is 0.621. The van der Waals surface area contributed by atoms with E-state index in [0.717, 1.165) is 17.2 Å². The van der Waals surface area contributed by atoms with Crippen molar-refractivity contribution in [1.29, 1.82) is 0 Å². The second-order valence-corrected chi connectivity index (χ2v) is 7.29. The van der Waals surface area contributed by atoms with E-state index in [4.69, 9.17) is 0 Å². The average molecular weight is 360 g/mol. The second kappa shape index (κ2) is 6.41. The van der Waals surface area contributed by atoms with E-state index in [0.29, 0.717) is 12.0 Å². The molecule has 2 bridgehead atoms. The number of halogens is 3. The van der Waals surface area contributed by atoms with Gasteiger partial charge in [0.2, 0.25) is 0 Å². The lowest BCUT2D eigenvalue weighted by molar-refractivity contribution is -0.189. The van der Waals surface area contributed by atoms with Crippen molar-refractivity contribution in [3.05, 3.63) is 48.0 Å². The third-order valence-corrected chi connectivity index (χ3v) is 5.75. The SMILES string of the molecule is O=C(N/N=C\[C@@H]1C[C@H]2C[C@H]1[C@@H](C(F)(F)F)C2)c1cccc2ccccc12. The highest BCUT2D eigenvalue weighted by atomic mass is 19.4. The van der Waals surface area contributed by atoms with Crippen molar-refractivity contribution in [1.82, 2.24) is 5.43 Å². The van der Waals surface area contributed by atoms with Crippen molar-refractivity contribution in [2.75, 3.05) is 0 Å². The Hall–Kier alpha value is -2.37. The number of hydrogen-bond donors (Lipinski definition) is 1. The molecule has 4 atom stereocenters. The van der Waals surface area contributed by atoms with E-state index < -0.39 is 18.0 Å². The Morgan fingerprint density at radius 2 is 1.85 bits per heavy atom. The van der Waals surface area contributed by atoms with Crippen LogP contribution in [0.15, 0.2) is 47.6 Å². The molecule has 2 aromatic carbocycles. The Bertz CT molecular complexity index is 856. The number of nitrogens with one attached hydrogen (secondary N) is 1. The zero-order valence-corrected chi connectivity index (χ0v) is 14.0. The predicted octanol–water partition coefficient (Wildman–Crippen LogP) is 4.78. The second-order valence-electron chi connectivity index (χ2n) is 7.29. The number of nitrogens with zero attached hydrogens (tertiary/aromatic N) is 1. The molecule has 2 aliphatic carbocycles. The van der Waals surface area contributed by atoms with Gasteiger partial charge in [-0.1, -0.05) is 36.4 Å². The third-order valence-electron chi connectivity index (χ3n) is 5.75. The van der Waals surface area contributed by atoms with Crippen LogP contribution in [-0.2, 0) is 0 Å². The fraction of sp³-hybridized carbons (Fsp3) is 0.400. The van der Waals surface area contributed by atoms with Crippen molar-refractivity contribution < 1.29 is 18.0 Å². The normalized spacial score (nSPS) is 28.1.